The van der Waals surface area contributed by atoms with Crippen LogP contribution < -0.4 is 0 Å². The van der Waals surface area contributed by atoms with E-state index in [1.165, 1.54) is 0 Å². The summed E-state index contributed by atoms with van der Waals surface area (Å²) in [6.45, 7) is 22.6. The zero-order valence-electron chi connectivity index (χ0n) is 17.0. The number of ketones is 1. The molecule has 5 heteroatoms. The van der Waals surface area contributed by atoms with Gasteiger partial charge in [-0.25, -0.2) is 0 Å². The van der Waals surface area contributed by atoms with E-state index in [1.54, 1.807) is 0 Å². The number of carbonyl (C=O) groups excluding carboxylic acids is 1. The number of rotatable bonds is 4. The van der Waals surface area contributed by atoms with E-state index in [2.05, 4.69) is 67.7 Å². The van der Waals surface area contributed by atoms with Gasteiger partial charge in [-0.2, -0.15) is 0 Å². The molecule has 0 radical (unpaired) electrons. The SMILES string of the molecule is CC(C)(C)[Si](C)(C)O[C@H]1CCC(=O)C[C@H]1O[Si](C)(C)C(C)(C)C. The van der Waals surface area contributed by atoms with E-state index in [4.69, 9.17) is 8.85 Å². The summed E-state index contributed by atoms with van der Waals surface area (Å²) in [6, 6.07) is 0. The van der Waals surface area contributed by atoms with Crippen LogP contribution in [0, 0.1) is 0 Å². The van der Waals surface area contributed by atoms with Crippen molar-refractivity contribution in [2.75, 3.05) is 0 Å². The third-order valence-corrected chi connectivity index (χ3v) is 15.1. The van der Waals surface area contributed by atoms with Crippen LogP contribution in [0.3, 0.4) is 0 Å². The molecule has 0 heterocycles. The van der Waals surface area contributed by atoms with Crippen molar-refractivity contribution in [2.45, 2.75) is 109 Å². The Hall–Kier alpha value is 0.0238. The van der Waals surface area contributed by atoms with Crippen molar-refractivity contribution in [3.63, 3.8) is 0 Å². The van der Waals surface area contributed by atoms with Crippen molar-refractivity contribution >= 4 is 22.4 Å². The van der Waals surface area contributed by atoms with Gasteiger partial charge < -0.3 is 8.85 Å². The van der Waals surface area contributed by atoms with Crippen LogP contribution in [-0.2, 0) is 13.6 Å². The maximum absolute atomic E-state index is 12.0. The van der Waals surface area contributed by atoms with Gasteiger partial charge in [0, 0.05) is 12.8 Å². The first-order valence-electron chi connectivity index (χ1n) is 8.94. The van der Waals surface area contributed by atoms with E-state index >= 15 is 0 Å². The van der Waals surface area contributed by atoms with Crippen LogP contribution in [0.5, 0.6) is 0 Å². The Balaban J connectivity index is 2.95. The molecule has 0 saturated heterocycles. The zero-order chi connectivity index (χ0) is 18.3. The summed E-state index contributed by atoms with van der Waals surface area (Å²) < 4.78 is 13.2. The first kappa shape index (κ1) is 21.1. The molecule has 2 atom stereocenters. The molecule has 1 aliphatic rings. The Bertz CT molecular complexity index is 431. The van der Waals surface area contributed by atoms with Gasteiger partial charge in [-0.1, -0.05) is 41.5 Å². The molecule has 0 aromatic carbocycles. The Morgan fingerprint density at radius 2 is 1.22 bits per heavy atom. The molecule has 0 amide bonds. The lowest BCUT2D eigenvalue weighted by atomic mass is 9.94. The van der Waals surface area contributed by atoms with E-state index < -0.39 is 16.6 Å². The molecule has 0 N–H and O–H groups in total. The van der Waals surface area contributed by atoms with Gasteiger partial charge in [-0.05, 0) is 42.7 Å². The molecule has 0 spiro atoms. The lowest BCUT2D eigenvalue weighted by Crippen LogP contribution is -2.53. The average molecular weight is 359 g/mol. The Morgan fingerprint density at radius 1 is 0.826 bits per heavy atom. The predicted octanol–water partition coefficient (Wildman–Crippen LogP) is 5.52. The molecule has 1 rings (SSSR count). The molecule has 0 aromatic rings. The molecular formula is C18H38O3Si2. The van der Waals surface area contributed by atoms with Crippen molar-refractivity contribution in [3.8, 4) is 0 Å². The average Bonchev–Trinajstić information content (AvgIpc) is 2.29. The molecule has 136 valence electrons. The zero-order valence-corrected chi connectivity index (χ0v) is 19.0. The van der Waals surface area contributed by atoms with E-state index in [-0.39, 0.29) is 22.3 Å². The lowest BCUT2D eigenvalue weighted by Gasteiger charge is -2.46. The number of carbonyl (C=O) groups is 1. The molecule has 0 aliphatic heterocycles. The molecule has 1 aliphatic carbocycles. The highest BCUT2D eigenvalue weighted by Gasteiger charge is 2.46. The summed E-state index contributed by atoms with van der Waals surface area (Å²) in [5.41, 5.74) is 0. The van der Waals surface area contributed by atoms with Crippen LogP contribution in [0.4, 0.5) is 0 Å². The van der Waals surface area contributed by atoms with E-state index in [1.807, 2.05) is 0 Å². The first-order chi connectivity index (χ1) is 10.1. The van der Waals surface area contributed by atoms with Gasteiger partial charge in [0.1, 0.15) is 5.78 Å². The van der Waals surface area contributed by atoms with Gasteiger partial charge >= 0.3 is 0 Å². The van der Waals surface area contributed by atoms with Crippen molar-refractivity contribution in [1.82, 2.24) is 0 Å². The fourth-order valence-corrected chi connectivity index (χ4v) is 5.04. The molecule has 23 heavy (non-hydrogen) atoms. The number of Topliss-reactive ketones (excluding diaryl/α,β-unsaturated/α-hetero) is 1. The fraction of sp³-hybridized carbons (Fsp3) is 0.944. The summed E-state index contributed by atoms with van der Waals surface area (Å²) in [5.74, 6) is 0.323. The molecule has 0 aromatic heterocycles. The van der Waals surface area contributed by atoms with E-state index in [0.717, 1.165) is 6.42 Å². The monoisotopic (exact) mass is 358 g/mol. The van der Waals surface area contributed by atoms with Crippen molar-refractivity contribution < 1.29 is 13.6 Å². The molecule has 3 nitrogen and oxygen atoms in total. The largest absolute Gasteiger partial charge is 0.411 e. The highest BCUT2D eigenvalue weighted by atomic mass is 28.4. The standard InChI is InChI=1S/C18H38O3Si2/c1-17(2,3)22(7,8)20-15-12-11-14(19)13-16(15)21-23(9,10)18(4,5)6/h15-16H,11-13H2,1-10H3/t15-,16+/m0/s1. The number of hydrogen-bond acceptors (Lipinski definition) is 3. The maximum Gasteiger partial charge on any atom is 0.192 e. The highest BCUT2D eigenvalue weighted by molar-refractivity contribution is 6.74. The lowest BCUT2D eigenvalue weighted by molar-refractivity contribution is -0.126. The van der Waals surface area contributed by atoms with Gasteiger partial charge in [0.15, 0.2) is 16.6 Å². The summed E-state index contributed by atoms with van der Waals surface area (Å²) >= 11 is 0. The van der Waals surface area contributed by atoms with Gasteiger partial charge in [0.05, 0.1) is 12.2 Å². The van der Waals surface area contributed by atoms with Gasteiger partial charge in [0.25, 0.3) is 0 Å². The Labute approximate surface area is 145 Å². The molecule has 1 saturated carbocycles. The highest BCUT2D eigenvalue weighted by Crippen LogP contribution is 2.42. The quantitative estimate of drug-likeness (QED) is 0.621. The summed E-state index contributed by atoms with van der Waals surface area (Å²) in [7, 11) is -3.75. The molecule has 0 bridgehead atoms. The van der Waals surface area contributed by atoms with Crippen molar-refractivity contribution in [2.24, 2.45) is 0 Å². The second-order valence-corrected chi connectivity index (χ2v) is 19.6. The second-order valence-electron chi connectivity index (χ2n) is 10.1. The topological polar surface area (TPSA) is 35.5 Å². The number of hydrogen-bond donors (Lipinski definition) is 0. The summed E-state index contributed by atoms with van der Waals surface area (Å²) in [5, 5.41) is 0.324. The van der Waals surface area contributed by atoms with Crippen LogP contribution in [0.1, 0.15) is 60.8 Å². The molecule has 0 unspecified atom stereocenters. The Kier molecular flexibility index (Phi) is 6.17. The first-order valence-corrected chi connectivity index (χ1v) is 14.8. The summed E-state index contributed by atoms with van der Waals surface area (Å²) in [6.07, 6.45) is 1.97. The normalized spacial score (nSPS) is 24.9. The fourth-order valence-electron chi connectivity index (χ4n) is 2.31. The predicted molar refractivity (Wildman–Crippen MR) is 103 cm³/mol. The van der Waals surface area contributed by atoms with E-state index in [9.17, 15) is 4.79 Å². The van der Waals surface area contributed by atoms with Gasteiger partial charge in [0.2, 0.25) is 0 Å². The van der Waals surface area contributed by atoms with Crippen molar-refractivity contribution in [1.29, 1.82) is 0 Å². The van der Waals surface area contributed by atoms with Gasteiger partial charge in [-0.3, -0.25) is 4.79 Å². The third-order valence-electron chi connectivity index (χ3n) is 6.06. The minimum absolute atomic E-state index is 0.0636. The van der Waals surface area contributed by atoms with Crippen molar-refractivity contribution in [3.05, 3.63) is 0 Å². The minimum Gasteiger partial charge on any atom is -0.411 e. The summed E-state index contributed by atoms with van der Waals surface area (Å²) in [4.78, 5) is 12.0. The Morgan fingerprint density at radius 3 is 1.61 bits per heavy atom. The third kappa shape index (κ3) is 5.25. The van der Waals surface area contributed by atoms with Crippen LogP contribution in [0.2, 0.25) is 36.3 Å². The molecule has 1 fully saturated rings. The van der Waals surface area contributed by atoms with Gasteiger partial charge in [-0.15, -0.1) is 0 Å². The minimum atomic E-state index is -1.90. The smallest absolute Gasteiger partial charge is 0.192 e. The van der Waals surface area contributed by atoms with Crippen LogP contribution in [0.25, 0.3) is 0 Å². The van der Waals surface area contributed by atoms with E-state index in [0.29, 0.717) is 18.6 Å². The molecular weight excluding hydrogens is 320 g/mol. The van der Waals surface area contributed by atoms with Crippen LogP contribution in [0.15, 0.2) is 0 Å². The second kappa shape index (κ2) is 6.73. The van der Waals surface area contributed by atoms with Crippen LogP contribution >= 0.6 is 0 Å². The van der Waals surface area contributed by atoms with Crippen LogP contribution in [-0.4, -0.2) is 34.6 Å². The maximum atomic E-state index is 12.0.